The topological polar surface area (TPSA) is 104 Å². The molecule has 0 saturated carbocycles. The summed E-state index contributed by atoms with van der Waals surface area (Å²) in [6.07, 6.45) is 0. The Morgan fingerprint density at radius 3 is 2.71 bits per heavy atom. The van der Waals surface area contributed by atoms with E-state index >= 15 is 0 Å². The van der Waals surface area contributed by atoms with Crippen molar-refractivity contribution in [3.8, 4) is 0 Å². The molecule has 0 aliphatic carbocycles. The summed E-state index contributed by atoms with van der Waals surface area (Å²) in [5, 5.41) is 11.8. The van der Waals surface area contributed by atoms with E-state index in [2.05, 4.69) is 36.5 Å². The van der Waals surface area contributed by atoms with Gasteiger partial charge in [0.1, 0.15) is 16.0 Å². The number of methoxy groups -OCH3 is 1. The van der Waals surface area contributed by atoms with Crippen molar-refractivity contribution in [2.24, 2.45) is 0 Å². The number of nitrogens with zero attached hydrogens (tertiary/aromatic N) is 4. The van der Waals surface area contributed by atoms with Gasteiger partial charge in [0.15, 0.2) is 4.90 Å². The standard InChI is InChI=1S/C18H16BrN5O3S/c1-27-11-10-20-16-14-4-2-3-5-15(14)24-17(21-16)18(22-23-24)28(25,26)13-8-6-12(19)7-9-13/h2-9H,10-11H2,1H3,(H-,20,21,25,26). The number of sulfone groups is 1. The molecule has 2 aromatic heterocycles. The molecule has 0 bridgehead atoms. The highest BCUT2D eigenvalue weighted by molar-refractivity contribution is 9.10. The SMILES string of the molecule is COCCNc1nc2c([S+](=O)([O-])c3ccc(Br)cc3)nnn2c2ccccc12. The van der Waals surface area contributed by atoms with Gasteiger partial charge in [-0.15, -0.1) is 0 Å². The Kier molecular flexibility index (Phi) is 5.11. The van der Waals surface area contributed by atoms with E-state index in [0.717, 1.165) is 9.86 Å². The van der Waals surface area contributed by atoms with Crippen molar-refractivity contribution in [2.45, 2.75) is 9.92 Å². The van der Waals surface area contributed by atoms with E-state index in [4.69, 9.17) is 4.74 Å². The number of fused-ring (bicyclic) bond motifs is 3. The highest BCUT2D eigenvalue weighted by Gasteiger charge is 2.32. The zero-order valence-electron chi connectivity index (χ0n) is 14.8. The van der Waals surface area contributed by atoms with E-state index in [1.165, 1.54) is 16.6 Å². The molecule has 4 aromatic rings. The summed E-state index contributed by atoms with van der Waals surface area (Å²) in [6, 6.07) is 13.8. The Morgan fingerprint density at radius 1 is 1.21 bits per heavy atom. The van der Waals surface area contributed by atoms with Gasteiger partial charge in [0.2, 0.25) is 5.65 Å². The lowest BCUT2D eigenvalue weighted by Crippen LogP contribution is -2.14. The van der Waals surface area contributed by atoms with Crippen molar-refractivity contribution in [3.63, 3.8) is 0 Å². The van der Waals surface area contributed by atoms with Crippen molar-refractivity contribution >= 4 is 48.5 Å². The summed E-state index contributed by atoms with van der Waals surface area (Å²) < 4.78 is 33.5. The van der Waals surface area contributed by atoms with Crippen molar-refractivity contribution in [1.29, 1.82) is 0 Å². The van der Waals surface area contributed by atoms with Gasteiger partial charge in [-0.05, 0) is 36.4 Å². The molecule has 0 amide bonds. The molecule has 8 nitrogen and oxygen atoms in total. The molecule has 0 saturated heterocycles. The molecule has 10 heteroatoms. The van der Waals surface area contributed by atoms with Crippen molar-refractivity contribution in [3.05, 3.63) is 53.0 Å². The molecule has 2 aromatic carbocycles. The lowest BCUT2D eigenvalue weighted by atomic mass is 10.2. The van der Waals surface area contributed by atoms with Crippen LogP contribution in [0.3, 0.4) is 0 Å². The van der Waals surface area contributed by atoms with Crippen LogP contribution in [0, 0.1) is 0 Å². The number of anilines is 1. The van der Waals surface area contributed by atoms with Gasteiger partial charge in [0.25, 0.3) is 0 Å². The van der Waals surface area contributed by atoms with E-state index in [9.17, 15) is 8.76 Å². The van der Waals surface area contributed by atoms with Gasteiger partial charge >= 0.3 is 5.03 Å². The van der Waals surface area contributed by atoms with Crippen molar-refractivity contribution in [1.82, 2.24) is 19.8 Å². The van der Waals surface area contributed by atoms with Crippen LogP contribution in [0.15, 0.2) is 62.9 Å². The molecule has 1 atom stereocenters. The number of hydrogen-bond acceptors (Lipinski definition) is 7. The maximum absolute atomic E-state index is 13.1. The molecule has 28 heavy (non-hydrogen) atoms. The van der Waals surface area contributed by atoms with Gasteiger partial charge in [-0.3, -0.25) is 0 Å². The Morgan fingerprint density at radius 2 is 1.96 bits per heavy atom. The van der Waals surface area contributed by atoms with Crippen LogP contribution in [0.25, 0.3) is 16.6 Å². The van der Waals surface area contributed by atoms with Gasteiger partial charge in [0, 0.05) is 23.5 Å². The molecule has 4 rings (SSSR count). The number of ether oxygens (including phenoxy) is 1. The van der Waals surface area contributed by atoms with E-state index in [0.29, 0.717) is 24.5 Å². The predicted molar refractivity (Wildman–Crippen MR) is 108 cm³/mol. The zero-order valence-corrected chi connectivity index (χ0v) is 17.2. The van der Waals surface area contributed by atoms with Crippen LogP contribution >= 0.6 is 15.9 Å². The first kappa shape index (κ1) is 18.9. The second kappa shape index (κ2) is 7.55. The lowest BCUT2D eigenvalue weighted by molar-refractivity contribution is 0.210. The minimum Gasteiger partial charge on any atom is -0.604 e. The van der Waals surface area contributed by atoms with Crippen LogP contribution in [0.5, 0.6) is 0 Å². The normalized spacial score (nSPS) is 13.7. The number of benzene rings is 2. The molecule has 0 fully saturated rings. The van der Waals surface area contributed by atoms with Crippen LogP contribution in [-0.2, 0) is 19.2 Å². The molecule has 0 aliphatic heterocycles. The zero-order chi connectivity index (χ0) is 19.7. The van der Waals surface area contributed by atoms with E-state index in [-0.39, 0.29) is 15.6 Å². The summed E-state index contributed by atoms with van der Waals surface area (Å²) in [5.41, 5.74) is 0.874. The first-order chi connectivity index (χ1) is 13.5. The van der Waals surface area contributed by atoms with Gasteiger partial charge in [-0.25, -0.2) is 4.98 Å². The number of nitrogens with one attached hydrogen (secondary N) is 1. The maximum Gasteiger partial charge on any atom is 0.317 e. The summed E-state index contributed by atoms with van der Waals surface area (Å²) in [6.45, 7) is 1.02. The minimum absolute atomic E-state index is 0.127. The largest absolute Gasteiger partial charge is 0.604 e. The van der Waals surface area contributed by atoms with Crippen LogP contribution < -0.4 is 5.32 Å². The molecule has 1 N–H and O–H groups in total. The number of hydrogen-bond donors (Lipinski definition) is 1. The third-order valence-electron chi connectivity index (χ3n) is 4.20. The number of halogens is 1. The highest BCUT2D eigenvalue weighted by Crippen LogP contribution is 2.31. The molecule has 2 heterocycles. The van der Waals surface area contributed by atoms with Crippen molar-refractivity contribution in [2.75, 3.05) is 25.6 Å². The fourth-order valence-corrected chi connectivity index (χ4v) is 4.35. The summed E-state index contributed by atoms with van der Waals surface area (Å²) >= 11 is 3.31. The molecule has 1 unspecified atom stereocenters. The third kappa shape index (κ3) is 3.28. The summed E-state index contributed by atoms with van der Waals surface area (Å²) in [4.78, 5) is 4.65. The number of rotatable bonds is 6. The highest BCUT2D eigenvalue weighted by atomic mass is 79.9. The molecular weight excluding hydrogens is 446 g/mol. The molecule has 0 spiro atoms. The molecule has 0 radical (unpaired) electrons. The van der Waals surface area contributed by atoms with E-state index < -0.39 is 10.2 Å². The second-order valence-corrected chi connectivity index (χ2v) is 8.77. The lowest BCUT2D eigenvalue weighted by Gasteiger charge is -2.12. The predicted octanol–water partition coefficient (Wildman–Crippen LogP) is 3.15. The fraction of sp³-hybridized carbons (Fsp3) is 0.167. The Labute approximate surface area is 170 Å². The van der Waals surface area contributed by atoms with Gasteiger partial charge < -0.3 is 14.6 Å². The Balaban J connectivity index is 1.91. The number of para-hydroxylation sites is 1. The van der Waals surface area contributed by atoms with Gasteiger partial charge in [-0.1, -0.05) is 42.6 Å². The van der Waals surface area contributed by atoms with Crippen molar-refractivity contribution < 1.29 is 13.5 Å². The van der Waals surface area contributed by atoms with Gasteiger partial charge in [-0.2, -0.15) is 4.52 Å². The molecule has 0 aliphatic rings. The van der Waals surface area contributed by atoms with Crippen LogP contribution in [0.2, 0.25) is 0 Å². The number of aromatic nitrogens is 4. The molecular formula is C18H16BrN5O3S. The monoisotopic (exact) mass is 461 g/mol. The minimum atomic E-state index is -3.88. The first-order valence-corrected chi connectivity index (χ1v) is 10.7. The van der Waals surface area contributed by atoms with Crippen LogP contribution in [0.1, 0.15) is 0 Å². The Hall–Kier alpha value is -2.40. The third-order valence-corrected chi connectivity index (χ3v) is 6.39. The smallest absolute Gasteiger partial charge is 0.317 e. The van der Waals surface area contributed by atoms with Crippen LogP contribution in [-0.4, -0.2) is 44.6 Å². The van der Waals surface area contributed by atoms with Crippen LogP contribution in [0.4, 0.5) is 5.82 Å². The summed E-state index contributed by atoms with van der Waals surface area (Å²) in [5.74, 6) is 0.551. The van der Waals surface area contributed by atoms with E-state index in [1.807, 2.05) is 24.3 Å². The summed E-state index contributed by atoms with van der Waals surface area (Å²) in [7, 11) is -2.27. The van der Waals surface area contributed by atoms with Gasteiger partial charge in [0.05, 0.1) is 12.1 Å². The second-order valence-electron chi connectivity index (χ2n) is 5.98. The average Bonchev–Trinajstić information content (AvgIpc) is 3.13. The fourth-order valence-electron chi connectivity index (χ4n) is 2.85. The molecule has 144 valence electrons. The van der Waals surface area contributed by atoms with E-state index in [1.54, 1.807) is 19.2 Å². The first-order valence-electron chi connectivity index (χ1n) is 8.40. The average molecular weight is 462 g/mol. The maximum atomic E-state index is 13.1. The Bertz CT molecular complexity index is 1200. The quantitative estimate of drug-likeness (QED) is 0.347.